The molecule has 3 aromatic rings. The quantitative estimate of drug-likeness (QED) is 0.669. The minimum absolute atomic E-state index is 0.287. The van der Waals surface area contributed by atoms with Crippen molar-refractivity contribution in [2.75, 3.05) is 7.11 Å². The maximum absolute atomic E-state index is 9.36. The van der Waals surface area contributed by atoms with Crippen molar-refractivity contribution in [1.82, 2.24) is 14.8 Å². The molecule has 5 heteroatoms. The molecule has 0 fully saturated rings. The van der Waals surface area contributed by atoms with E-state index in [2.05, 4.69) is 48.0 Å². The smallest absolute Gasteiger partial charge is 0.177 e. The summed E-state index contributed by atoms with van der Waals surface area (Å²) in [5.74, 6) is 2.77. The van der Waals surface area contributed by atoms with E-state index in [1.54, 1.807) is 7.11 Å². The molecule has 5 nitrogen and oxygen atoms in total. The first-order valence-electron chi connectivity index (χ1n) is 10.0. The zero-order valence-electron chi connectivity index (χ0n) is 16.6. The summed E-state index contributed by atoms with van der Waals surface area (Å²) in [6.07, 6.45) is 5.05. The van der Waals surface area contributed by atoms with Gasteiger partial charge in [0.15, 0.2) is 5.82 Å². The van der Waals surface area contributed by atoms with Crippen molar-refractivity contribution in [3.63, 3.8) is 0 Å². The number of nitriles is 1. The summed E-state index contributed by atoms with van der Waals surface area (Å²) < 4.78 is 7.60. The molecule has 1 unspecified atom stereocenters. The van der Waals surface area contributed by atoms with E-state index in [4.69, 9.17) is 14.8 Å². The van der Waals surface area contributed by atoms with Crippen LogP contribution in [0.2, 0.25) is 0 Å². The predicted octanol–water partition coefficient (Wildman–Crippen LogP) is 4.49. The minimum Gasteiger partial charge on any atom is -0.495 e. The number of aromatic nitrogens is 3. The van der Waals surface area contributed by atoms with Gasteiger partial charge in [-0.25, -0.2) is 9.67 Å². The number of hydrogen-bond donors (Lipinski definition) is 0. The van der Waals surface area contributed by atoms with Crippen LogP contribution in [0.3, 0.4) is 0 Å². The lowest BCUT2D eigenvalue weighted by molar-refractivity contribution is 0.412. The third-order valence-corrected chi connectivity index (χ3v) is 6.04. The van der Waals surface area contributed by atoms with E-state index in [0.29, 0.717) is 11.3 Å². The molecule has 0 amide bonds. The van der Waals surface area contributed by atoms with Crippen molar-refractivity contribution < 1.29 is 4.74 Å². The van der Waals surface area contributed by atoms with E-state index in [-0.39, 0.29) is 5.92 Å². The average Bonchev–Trinajstić information content (AvgIpc) is 3.37. The Kier molecular flexibility index (Phi) is 4.21. The van der Waals surface area contributed by atoms with Gasteiger partial charge in [-0.15, -0.1) is 0 Å². The first kappa shape index (κ1) is 17.7. The fourth-order valence-electron chi connectivity index (χ4n) is 4.59. The van der Waals surface area contributed by atoms with Gasteiger partial charge in [0.1, 0.15) is 17.6 Å². The number of hydrogen-bond acceptors (Lipinski definition) is 4. The number of benzene rings is 2. The van der Waals surface area contributed by atoms with Crippen LogP contribution < -0.4 is 4.74 Å². The molecule has 0 bridgehead atoms. The van der Waals surface area contributed by atoms with E-state index in [0.717, 1.165) is 54.2 Å². The van der Waals surface area contributed by atoms with Gasteiger partial charge in [0, 0.05) is 30.0 Å². The van der Waals surface area contributed by atoms with Gasteiger partial charge in [-0.05, 0) is 48.6 Å². The number of nitrogens with zero attached hydrogens (tertiary/aromatic N) is 4. The van der Waals surface area contributed by atoms with Crippen LogP contribution in [0.1, 0.15) is 58.2 Å². The zero-order chi connectivity index (χ0) is 20.0. The molecule has 0 spiro atoms. The van der Waals surface area contributed by atoms with E-state index >= 15 is 0 Å². The van der Waals surface area contributed by atoms with E-state index < -0.39 is 0 Å². The van der Waals surface area contributed by atoms with Crippen LogP contribution in [0.4, 0.5) is 0 Å². The molecule has 0 N–H and O–H groups in total. The van der Waals surface area contributed by atoms with Crippen molar-refractivity contribution in [3.8, 4) is 11.8 Å². The van der Waals surface area contributed by atoms with E-state index in [9.17, 15) is 5.26 Å². The van der Waals surface area contributed by atoms with Gasteiger partial charge in [-0.3, -0.25) is 0 Å². The lowest BCUT2D eigenvalue weighted by atomic mass is 9.88. The highest BCUT2D eigenvalue weighted by molar-refractivity contribution is 5.89. The largest absolute Gasteiger partial charge is 0.495 e. The molecule has 1 aliphatic heterocycles. The minimum atomic E-state index is 0.287. The van der Waals surface area contributed by atoms with Crippen molar-refractivity contribution in [2.24, 2.45) is 0 Å². The third kappa shape index (κ3) is 2.84. The van der Waals surface area contributed by atoms with Gasteiger partial charge in [0.2, 0.25) is 0 Å². The summed E-state index contributed by atoms with van der Waals surface area (Å²) in [6, 6.07) is 14.6. The molecular weight excluding hydrogens is 360 g/mol. The molecule has 2 aromatic carbocycles. The standard InChI is InChI=1S/C24H22N4O/c1-15-6-3-4-7-19(15)20-8-5-11-28-24(20)26-23(27-28)18-12-16-9-10-17(14-25)22(29-2)21(16)13-18/h3-4,6-7,9-10,13,20H,5,8,11-12H2,1-2H3. The topological polar surface area (TPSA) is 63.7 Å². The first-order valence-corrected chi connectivity index (χ1v) is 10.0. The fourth-order valence-corrected chi connectivity index (χ4v) is 4.59. The molecule has 1 aliphatic carbocycles. The molecule has 0 saturated carbocycles. The molecule has 2 heterocycles. The second-order valence-electron chi connectivity index (χ2n) is 7.75. The number of aryl methyl sites for hydroxylation is 2. The van der Waals surface area contributed by atoms with Gasteiger partial charge < -0.3 is 4.74 Å². The maximum atomic E-state index is 9.36. The monoisotopic (exact) mass is 382 g/mol. The summed E-state index contributed by atoms with van der Waals surface area (Å²) in [6.45, 7) is 3.08. The van der Waals surface area contributed by atoms with Crippen LogP contribution in [0.5, 0.6) is 5.75 Å². The Balaban J connectivity index is 1.55. The fraction of sp³-hybridized carbons (Fsp3) is 0.292. The Labute approximate surface area is 170 Å². The van der Waals surface area contributed by atoms with Gasteiger partial charge in [0.25, 0.3) is 0 Å². The molecule has 0 radical (unpaired) electrons. The zero-order valence-corrected chi connectivity index (χ0v) is 16.6. The third-order valence-electron chi connectivity index (χ3n) is 6.04. The molecule has 144 valence electrons. The van der Waals surface area contributed by atoms with Gasteiger partial charge in [-0.1, -0.05) is 30.3 Å². The molecule has 2 aliphatic rings. The molecule has 1 atom stereocenters. The lowest BCUT2D eigenvalue weighted by Gasteiger charge is -2.23. The average molecular weight is 382 g/mol. The van der Waals surface area contributed by atoms with Crippen LogP contribution in [0.15, 0.2) is 36.4 Å². The second kappa shape index (κ2) is 6.89. The number of rotatable bonds is 3. The second-order valence-corrected chi connectivity index (χ2v) is 7.75. The normalized spacial score (nSPS) is 17.3. The van der Waals surface area contributed by atoms with Crippen molar-refractivity contribution >= 4 is 11.6 Å². The number of ether oxygens (including phenoxy) is 1. The Morgan fingerprint density at radius 1 is 1.21 bits per heavy atom. The summed E-state index contributed by atoms with van der Waals surface area (Å²) >= 11 is 0. The van der Waals surface area contributed by atoms with E-state index in [1.165, 1.54) is 11.1 Å². The Bertz CT molecular complexity index is 1180. The predicted molar refractivity (Wildman–Crippen MR) is 112 cm³/mol. The van der Waals surface area contributed by atoms with Crippen molar-refractivity contribution in [3.05, 3.63) is 75.9 Å². The number of methoxy groups -OCH3 is 1. The number of allylic oxidation sites excluding steroid dienone is 1. The van der Waals surface area contributed by atoms with Crippen LogP contribution in [-0.2, 0) is 13.0 Å². The summed E-state index contributed by atoms with van der Waals surface area (Å²) in [7, 11) is 1.61. The molecule has 5 rings (SSSR count). The molecule has 1 aromatic heterocycles. The summed E-state index contributed by atoms with van der Waals surface area (Å²) in [5.41, 5.74) is 6.41. The van der Waals surface area contributed by atoms with Crippen LogP contribution in [0.25, 0.3) is 11.6 Å². The van der Waals surface area contributed by atoms with E-state index in [1.807, 2.05) is 12.1 Å². The van der Waals surface area contributed by atoms with Gasteiger partial charge >= 0.3 is 0 Å². The van der Waals surface area contributed by atoms with Crippen LogP contribution in [-0.4, -0.2) is 21.9 Å². The van der Waals surface area contributed by atoms with Crippen molar-refractivity contribution in [1.29, 1.82) is 5.26 Å². The first-order chi connectivity index (χ1) is 14.2. The van der Waals surface area contributed by atoms with Crippen LogP contribution in [0, 0.1) is 18.3 Å². The summed E-state index contributed by atoms with van der Waals surface area (Å²) in [5, 5.41) is 14.2. The van der Waals surface area contributed by atoms with Crippen LogP contribution >= 0.6 is 0 Å². The molecule has 0 saturated heterocycles. The Morgan fingerprint density at radius 2 is 2.07 bits per heavy atom. The Hall–Kier alpha value is -3.39. The highest BCUT2D eigenvalue weighted by Gasteiger charge is 2.29. The molecule has 29 heavy (non-hydrogen) atoms. The highest BCUT2D eigenvalue weighted by atomic mass is 16.5. The Morgan fingerprint density at radius 3 is 2.86 bits per heavy atom. The highest BCUT2D eigenvalue weighted by Crippen LogP contribution is 2.39. The molecular formula is C24H22N4O. The summed E-state index contributed by atoms with van der Waals surface area (Å²) in [4.78, 5) is 4.99. The van der Waals surface area contributed by atoms with Gasteiger partial charge in [0.05, 0.1) is 12.7 Å². The van der Waals surface area contributed by atoms with Crippen molar-refractivity contribution in [2.45, 2.75) is 38.6 Å². The maximum Gasteiger partial charge on any atom is 0.177 e. The lowest BCUT2D eigenvalue weighted by Crippen LogP contribution is -2.18. The number of fused-ring (bicyclic) bond motifs is 2. The SMILES string of the molecule is COc1c(C#N)ccc2c1C=C(c1nc3n(n1)CCCC3c1ccccc1C)C2. The van der Waals surface area contributed by atoms with Gasteiger partial charge in [-0.2, -0.15) is 10.4 Å².